The van der Waals surface area contributed by atoms with Crippen LogP contribution in [0.5, 0.6) is 11.5 Å². The van der Waals surface area contributed by atoms with Crippen LogP contribution in [0.4, 0.5) is 14.5 Å². The summed E-state index contributed by atoms with van der Waals surface area (Å²) in [6.07, 6.45) is 1.53. The van der Waals surface area contributed by atoms with Gasteiger partial charge in [-0.15, -0.1) is 0 Å². The Bertz CT molecular complexity index is 708. The van der Waals surface area contributed by atoms with Crippen LogP contribution in [0.2, 0.25) is 5.02 Å². The van der Waals surface area contributed by atoms with Gasteiger partial charge < -0.3 is 9.47 Å². The van der Waals surface area contributed by atoms with Gasteiger partial charge in [-0.3, -0.25) is 5.43 Å². The molecule has 122 valence electrons. The van der Waals surface area contributed by atoms with Crippen LogP contribution in [-0.2, 0) is 0 Å². The van der Waals surface area contributed by atoms with E-state index in [1.54, 1.807) is 18.2 Å². The van der Waals surface area contributed by atoms with E-state index in [0.717, 1.165) is 11.3 Å². The summed E-state index contributed by atoms with van der Waals surface area (Å²) < 4.78 is 33.9. The fraction of sp³-hybridized carbons (Fsp3) is 0.188. The quantitative estimate of drug-likeness (QED) is 0.612. The zero-order valence-corrected chi connectivity index (χ0v) is 13.3. The number of hydrazone groups is 1. The van der Waals surface area contributed by atoms with E-state index in [9.17, 15) is 8.78 Å². The van der Waals surface area contributed by atoms with Crippen LogP contribution in [0, 0.1) is 6.92 Å². The molecule has 0 aromatic heterocycles. The molecule has 2 aromatic rings. The lowest BCUT2D eigenvalue weighted by molar-refractivity contribution is -0.0512. The third kappa shape index (κ3) is 4.82. The number of methoxy groups -OCH3 is 1. The summed E-state index contributed by atoms with van der Waals surface area (Å²) in [7, 11) is 1.38. The second-order valence-corrected chi connectivity index (χ2v) is 5.03. The monoisotopic (exact) mass is 340 g/mol. The second-order valence-electron chi connectivity index (χ2n) is 4.62. The van der Waals surface area contributed by atoms with Crippen LogP contribution in [0.25, 0.3) is 0 Å². The summed E-state index contributed by atoms with van der Waals surface area (Å²) >= 11 is 6.02. The van der Waals surface area contributed by atoms with Gasteiger partial charge in [-0.2, -0.15) is 13.9 Å². The van der Waals surface area contributed by atoms with Crippen LogP contribution in [-0.4, -0.2) is 19.9 Å². The molecule has 0 bridgehead atoms. The molecule has 0 radical (unpaired) electrons. The first kappa shape index (κ1) is 17.0. The number of hydrogen-bond donors (Lipinski definition) is 1. The normalized spacial score (nSPS) is 11.0. The fourth-order valence-corrected chi connectivity index (χ4v) is 1.98. The van der Waals surface area contributed by atoms with Gasteiger partial charge in [-0.25, -0.2) is 0 Å². The SMILES string of the molecule is COc1cc(/C=N/Nc2ccc(C)c(Cl)c2)ccc1OC(F)F. The van der Waals surface area contributed by atoms with Crippen molar-refractivity contribution < 1.29 is 18.3 Å². The Morgan fingerprint density at radius 3 is 2.61 bits per heavy atom. The Morgan fingerprint density at radius 1 is 1.17 bits per heavy atom. The summed E-state index contributed by atoms with van der Waals surface area (Å²) in [5.74, 6) is 0.172. The van der Waals surface area contributed by atoms with Gasteiger partial charge in [-0.1, -0.05) is 17.7 Å². The van der Waals surface area contributed by atoms with Crippen molar-refractivity contribution in [1.82, 2.24) is 0 Å². The van der Waals surface area contributed by atoms with Crippen LogP contribution in [0.15, 0.2) is 41.5 Å². The summed E-state index contributed by atoms with van der Waals surface area (Å²) in [6, 6.07) is 10.0. The van der Waals surface area contributed by atoms with Gasteiger partial charge in [0.25, 0.3) is 0 Å². The van der Waals surface area contributed by atoms with Gasteiger partial charge in [0.1, 0.15) is 0 Å². The molecule has 0 saturated heterocycles. The van der Waals surface area contributed by atoms with E-state index < -0.39 is 6.61 Å². The third-order valence-corrected chi connectivity index (χ3v) is 3.39. The van der Waals surface area contributed by atoms with Crippen LogP contribution < -0.4 is 14.9 Å². The highest BCUT2D eigenvalue weighted by Crippen LogP contribution is 2.29. The molecule has 0 fully saturated rings. The number of halogens is 3. The molecular weight excluding hydrogens is 326 g/mol. The lowest BCUT2D eigenvalue weighted by atomic mass is 10.2. The Morgan fingerprint density at radius 2 is 1.96 bits per heavy atom. The summed E-state index contributed by atoms with van der Waals surface area (Å²) in [4.78, 5) is 0. The number of aryl methyl sites for hydroxylation is 1. The van der Waals surface area contributed by atoms with Crippen molar-refractivity contribution >= 4 is 23.5 Å². The highest BCUT2D eigenvalue weighted by atomic mass is 35.5. The van der Waals surface area contributed by atoms with Crippen LogP contribution in [0.3, 0.4) is 0 Å². The molecule has 0 aliphatic rings. The summed E-state index contributed by atoms with van der Waals surface area (Å²) in [5, 5.41) is 4.71. The van der Waals surface area contributed by atoms with E-state index in [1.807, 2.05) is 19.1 Å². The molecule has 7 heteroatoms. The fourth-order valence-electron chi connectivity index (χ4n) is 1.80. The number of ether oxygens (including phenoxy) is 2. The first-order chi connectivity index (χ1) is 11.0. The molecule has 0 amide bonds. The highest BCUT2D eigenvalue weighted by Gasteiger charge is 2.10. The standard InChI is InChI=1S/C16H15ClF2N2O2/c1-10-3-5-12(8-13(10)17)21-20-9-11-4-6-14(23-16(18)19)15(7-11)22-2/h3-9,16,21H,1-2H3/b20-9+. The lowest BCUT2D eigenvalue weighted by Gasteiger charge is -2.10. The number of benzene rings is 2. The maximum Gasteiger partial charge on any atom is 0.387 e. The zero-order chi connectivity index (χ0) is 16.8. The van der Waals surface area contributed by atoms with Crippen molar-refractivity contribution in [2.24, 2.45) is 5.10 Å². The molecule has 1 N–H and O–H groups in total. The summed E-state index contributed by atoms with van der Waals surface area (Å²) in [6.45, 7) is -0.999. The zero-order valence-electron chi connectivity index (χ0n) is 12.5. The van der Waals surface area contributed by atoms with Gasteiger partial charge in [-0.05, 0) is 48.4 Å². The molecule has 0 unspecified atom stereocenters. The Hall–Kier alpha value is -2.34. The van der Waals surface area contributed by atoms with E-state index in [4.69, 9.17) is 16.3 Å². The van der Waals surface area contributed by atoms with Gasteiger partial charge in [0.15, 0.2) is 11.5 Å². The first-order valence-electron chi connectivity index (χ1n) is 6.67. The van der Waals surface area contributed by atoms with E-state index in [-0.39, 0.29) is 11.5 Å². The Balaban J connectivity index is 2.08. The Kier molecular flexibility index (Phi) is 5.76. The molecule has 0 aliphatic heterocycles. The van der Waals surface area contributed by atoms with Crippen molar-refractivity contribution in [1.29, 1.82) is 0 Å². The number of nitrogens with one attached hydrogen (secondary N) is 1. The van der Waals surface area contributed by atoms with Crippen LogP contribution in [0.1, 0.15) is 11.1 Å². The molecule has 0 saturated carbocycles. The van der Waals surface area contributed by atoms with E-state index >= 15 is 0 Å². The minimum absolute atomic E-state index is 0.0297. The molecule has 2 rings (SSSR count). The topological polar surface area (TPSA) is 42.8 Å². The van der Waals surface area contributed by atoms with E-state index in [0.29, 0.717) is 10.6 Å². The van der Waals surface area contributed by atoms with E-state index in [1.165, 1.54) is 19.4 Å². The third-order valence-electron chi connectivity index (χ3n) is 2.98. The molecule has 23 heavy (non-hydrogen) atoms. The van der Waals surface area contributed by atoms with Crippen molar-refractivity contribution in [3.05, 3.63) is 52.5 Å². The van der Waals surface area contributed by atoms with Crippen molar-refractivity contribution in [3.63, 3.8) is 0 Å². The molecule has 2 aromatic carbocycles. The average molecular weight is 341 g/mol. The second kappa shape index (κ2) is 7.78. The van der Waals surface area contributed by atoms with E-state index in [2.05, 4.69) is 15.3 Å². The highest BCUT2D eigenvalue weighted by molar-refractivity contribution is 6.31. The largest absolute Gasteiger partial charge is 0.493 e. The molecule has 0 heterocycles. The maximum atomic E-state index is 12.3. The predicted molar refractivity (Wildman–Crippen MR) is 87.0 cm³/mol. The number of nitrogens with zero attached hydrogens (tertiary/aromatic N) is 1. The molecule has 0 spiro atoms. The maximum absolute atomic E-state index is 12.3. The number of alkyl halides is 2. The van der Waals surface area contributed by atoms with Gasteiger partial charge >= 0.3 is 6.61 Å². The number of rotatable bonds is 6. The number of anilines is 1. The van der Waals surface area contributed by atoms with Crippen molar-refractivity contribution in [2.75, 3.05) is 12.5 Å². The van der Waals surface area contributed by atoms with Crippen molar-refractivity contribution in [2.45, 2.75) is 13.5 Å². The predicted octanol–water partition coefficient (Wildman–Crippen LogP) is 4.70. The summed E-state index contributed by atoms with van der Waals surface area (Å²) in [5.41, 5.74) is 5.21. The smallest absolute Gasteiger partial charge is 0.387 e. The van der Waals surface area contributed by atoms with Gasteiger partial charge in [0.05, 0.1) is 19.0 Å². The Labute approximate surface area is 137 Å². The minimum Gasteiger partial charge on any atom is -0.493 e. The lowest BCUT2D eigenvalue weighted by Crippen LogP contribution is -2.03. The number of hydrogen-bond acceptors (Lipinski definition) is 4. The molecule has 4 nitrogen and oxygen atoms in total. The first-order valence-corrected chi connectivity index (χ1v) is 7.05. The van der Waals surface area contributed by atoms with Gasteiger partial charge in [0, 0.05) is 5.02 Å². The van der Waals surface area contributed by atoms with Gasteiger partial charge in [0.2, 0.25) is 0 Å². The molecule has 0 atom stereocenters. The van der Waals surface area contributed by atoms with Crippen molar-refractivity contribution in [3.8, 4) is 11.5 Å². The molecular formula is C16H15ClF2N2O2. The minimum atomic E-state index is -2.91. The molecule has 0 aliphatic carbocycles. The average Bonchev–Trinajstić information content (AvgIpc) is 2.51. The van der Waals surface area contributed by atoms with Crippen LogP contribution >= 0.6 is 11.6 Å².